The van der Waals surface area contributed by atoms with Crippen molar-refractivity contribution in [2.75, 3.05) is 0 Å². The second-order valence-electron chi connectivity index (χ2n) is 3.32. The topological polar surface area (TPSA) is 39.6 Å². The first-order valence-corrected chi connectivity index (χ1v) is 5.27. The predicted molar refractivity (Wildman–Crippen MR) is 71.1 cm³/mol. The molecule has 0 amide bonds. The van der Waals surface area contributed by atoms with Crippen molar-refractivity contribution in [3.8, 4) is 0 Å². The minimum atomic E-state index is 1.21. The van der Waals surface area contributed by atoms with Crippen LogP contribution >= 0.6 is 12.2 Å². The summed E-state index contributed by atoms with van der Waals surface area (Å²) in [5.74, 6) is 0. The van der Waals surface area contributed by atoms with Gasteiger partial charge in [0.2, 0.25) is 0 Å². The summed E-state index contributed by atoms with van der Waals surface area (Å²) in [5.41, 5.74) is 2.42. The summed E-state index contributed by atoms with van der Waals surface area (Å²) >= 11 is 3.81. The van der Waals surface area contributed by atoms with Crippen molar-refractivity contribution in [3.63, 3.8) is 0 Å². The fourth-order valence-corrected chi connectivity index (χ4v) is 1.80. The normalized spacial score (nSPS) is 9.50. The van der Waals surface area contributed by atoms with Gasteiger partial charge in [0.25, 0.3) is 0 Å². The Kier molecular flexibility index (Phi) is 3.10. The third-order valence-electron chi connectivity index (χ3n) is 2.41. The van der Waals surface area contributed by atoms with Gasteiger partial charge >= 0.3 is 0 Å². The van der Waals surface area contributed by atoms with Gasteiger partial charge in [0.05, 0.1) is 5.16 Å². The molecule has 0 spiro atoms. The van der Waals surface area contributed by atoms with E-state index >= 15 is 0 Å². The second kappa shape index (κ2) is 4.71. The summed E-state index contributed by atoms with van der Waals surface area (Å²) in [5, 5.41) is 9.96. The fourth-order valence-electron chi connectivity index (χ4n) is 1.80. The first kappa shape index (κ1) is 10.6. The minimum Gasteiger partial charge on any atom is -0.355 e. The first-order valence-electron chi connectivity index (χ1n) is 4.86. The lowest BCUT2D eigenvalue weighted by Gasteiger charge is -1.87. The number of isothiocyanates is 1. The molecule has 3 rings (SSSR count). The Morgan fingerprint density at radius 3 is 1.69 bits per heavy atom. The maximum atomic E-state index is 5.77. The van der Waals surface area contributed by atoms with Crippen LogP contribution in [0.2, 0.25) is 0 Å². The summed E-state index contributed by atoms with van der Waals surface area (Å²) < 4.78 is 0. The number of rotatable bonds is 0. The highest BCUT2D eigenvalue weighted by Gasteiger charge is 2.00. The van der Waals surface area contributed by atoms with Crippen LogP contribution in [0.3, 0.4) is 0 Å². The molecule has 1 heterocycles. The number of nitrogens with one attached hydrogen (secondary N) is 2. The SMILES string of the molecule is N=C=S.c1ccc2c(c1)[nH]c1ccccc12. The summed E-state index contributed by atoms with van der Waals surface area (Å²) in [7, 11) is 0. The van der Waals surface area contributed by atoms with Gasteiger partial charge in [-0.1, -0.05) is 36.4 Å². The van der Waals surface area contributed by atoms with Gasteiger partial charge in [-0.15, -0.1) is 0 Å². The third kappa shape index (κ3) is 1.87. The summed E-state index contributed by atoms with van der Waals surface area (Å²) in [6, 6.07) is 16.8. The van der Waals surface area contributed by atoms with E-state index in [0.29, 0.717) is 0 Å². The van der Waals surface area contributed by atoms with Gasteiger partial charge in [0.1, 0.15) is 0 Å². The van der Waals surface area contributed by atoms with E-state index in [-0.39, 0.29) is 0 Å². The minimum absolute atomic E-state index is 1.21. The van der Waals surface area contributed by atoms with E-state index in [1.54, 1.807) is 5.16 Å². The first-order chi connectivity index (χ1) is 7.86. The highest BCUT2D eigenvalue weighted by Crippen LogP contribution is 2.24. The number of hydrogen-bond donors (Lipinski definition) is 2. The molecule has 0 atom stereocenters. The van der Waals surface area contributed by atoms with E-state index < -0.39 is 0 Å². The molecule has 0 unspecified atom stereocenters. The van der Waals surface area contributed by atoms with Gasteiger partial charge in [-0.3, -0.25) is 0 Å². The Morgan fingerprint density at radius 2 is 1.25 bits per heavy atom. The van der Waals surface area contributed by atoms with Crippen LogP contribution in [0.15, 0.2) is 48.5 Å². The maximum Gasteiger partial charge on any atom is 0.0554 e. The molecule has 0 bridgehead atoms. The van der Waals surface area contributed by atoms with Crippen molar-refractivity contribution in [2.45, 2.75) is 0 Å². The Balaban J connectivity index is 0.000000292. The molecule has 0 aliphatic rings. The van der Waals surface area contributed by atoms with Crippen LogP contribution in [0, 0.1) is 5.41 Å². The van der Waals surface area contributed by atoms with Crippen LogP contribution < -0.4 is 0 Å². The Bertz CT molecular complexity index is 599. The number of aromatic amines is 1. The van der Waals surface area contributed by atoms with Gasteiger partial charge in [0, 0.05) is 21.8 Å². The van der Waals surface area contributed by atoms with Crippen molar-refractivity contribution < 1.29 is 0 Å². The van der Waals surface area contributed by atoms with Gasteiger partial charge in [-0.2, -0.15) is 0 Å². The van der Waals surface area contributed by atoms with Crippen LogP contribution in [-0.2, 0) is 0 Å². The van der Waals surface area contributed by atoms with Crippen LogP contribution in [-0.4, -0.2) is 10.1 Å². The van der Waals surface area contributed by atoms with Crippen molar-refractivity contribution in [1.29, 1.82) is 5.41 Å². The summed E-state index contributed by atoms with van der Waals surface area (Å²) in [6.45, 7) is 0. The standard InChI is InChI=1S/C12H9N.CHNS/c1-3-7-11-9(5-1)10-6-2-4-8-12(10)13-11;2-1-3/h1-8,13H;2H. The van der Waals surface area contributed by atoms with E-state index in [4.69, 9.17) is 5.41 Å². The quantitative estimate of drug-likeness (QED) is 0.441. The highest BCUT2D eigenvalue weighted by atomic mass is 32.1. The molecule has 0 aliphatic heterocycles. The molecule has 0 radical (unpaired) electrons. The molecule has 2 aromatic carbocycles. The average Bonchev–Trinajstić information content (AvgIpc) is 2.68. The molecular formula is C13H10N2S. The van der Waals surface area contributed by atoms with Crippen LogP contribution in [0.1, 0.15) is 0 Å². The molecule has 16 heavy (non-hydrogen) atoms. The van der Waals surface area contributed by atoms with Gasteiger partial charge < -0.3 is 4.98 Å². The summed E-state index contributed by atoms with van der Waals surface area (Å²) in [4.78, 5) is 3.38. The third-order valence-corrected chi connectivity index (χ3v) is 2.41. The van der Waals surface area contributed by atoms with Crippen LogP contribution in [0.4, 0.5) is 0 Å². The van der Waals surface area contributed by atoms with Gasteiger partial charge in [-0.25, -0.2) is 5.41 Å². The van der Waals surface area contributed by atoms with E-state index in [0.717, 1.165) is 0 Å². The smallest absolute Gasteiger partial charge is 0.0554 e. The van der Waals surface area contributed by atoms with Crippen molar-refractivity contribution in [2.24, 2.45) is 0 Å². The number of para-hydroxylation sites is 2. The molecule has 0 aliphatic carbocycles. The Labute approximate surface area is 98.4 Å². The number of H-pyrrole nitrogens is 1. The van der Waals surface area contributed by atoms with Crippen LogP contribution in [0.5, 0.6) is 0 Å². The lowest BCUT2D eigenvalue weighted by Crippen LogP contribution is -1.62. The lowest BCUT2D eigenvalue weighted by molar-refractivity contribution is 1.55. The Hall–Kier alpha value is -1.96. The number of thiocarbonyl (C=S) groups is 1. The maximum absolute atomic E-state index is 5.77. The van der Waals surface area contributed by atoms with Gasteiger partial charge in [-0.05, 0) is 24.4 Å². The largest absolute Gasteiger partial charge is 0.355 e. The zero-order valence-electron chi connectivity index (χ0n) is 8.53. The lowest BCUT2D eigenvalue weighted by atomic mass is 10.2. The van der Waals surface area contributed by atoms with Gasteiger partial charge in [0.15, 0.2) is 0 Å². The molecule has 0 fully saturated rings. The number of hydrogen-bond acceptors (Lipinski definition) is 2. The average molecular weight is 226 g/mol. The van der Waals surface area contributed by atoms with E-state index in [2.05, 4.69) is 65.7 Å². The molecule has 3 heteroatoms. The molecule has 0 saturated heterocycles. The zero-order chi connectivity index (χ0) is 11.4. The molecule has 3 aromatic rings. The van der Waals surface area contributed by atoms with Crippen molar-refractivity contribution in [3.05, 3.63) is 48.5 Å². The molecule has 2 N–H and O–H groups in total. The van der Waals surface area contributed by atoms with Crippen molar-refractivity contribution in [1.82, 2.24) is 4.98 Å². The van der Waals surface area contributed by atoms with E-state index in [9.17, 15) is 0 Å². The van der Waals surface area contributed by atoms with Crippen molar-refractivity contribution >= 4 is 39.2 Å². The molecular weight excluding hydrogens is 216 g/mol. The molecule has 1 aromatic heterocycles. The van der Waals surface area contributed by atoms with E-state index in [1.165, 1.54) is 21.8 Å². The predicted octanol–water partition coefficient (Wildman–Crippen LogP) is 3.99. The fraction of sp³-hybridized carbons (Fsp3) is 0. The molecule has 2 nitrogen and oxygen atoms in total. The summed E-state index contributed by atoms with van der Waals surface area (Å²) in [6.07, 6.45) is 0. The van der Waals surface area contributed by atoms with Crippen LogP contribution in [0.25, 0.3) is 21.8 Å². The highest BCUT2D eigenvalue weighted by molar-refractivity contribution is 7.78. The second-order valence-corrected chi connectivity index (χ2v) is 3.52. The molecule has 78 valence electrons. The number of benzene rings is 2. The van der Waals surface area contributed by atoms with E-state index in [1.807, 2.05) is 0 Å². The zero-order valence-corrected chi connectivity index (χ0v) is 9.34. The Morgan fingerprint density at radius 1 is 0.875 bits per heavy atom. The number of aromatic nitrogens is 1. The molecule has 0 saturated carbocycles. The number of fused-ring (bicyclic) bond motifs is 3. The monoisotopic (exact) mass is 226 g/mol.